The molecular weight excluding hydrogens is 198 g/mol. The summed E-state index contributed by atoms with van der Waals surface area (Å²) in [5.74, 6) is 0.320. The number of benzene rings is 1. The maximum Gasteiger partial charge on any atom is 0.115 e. The fraction of sp³-hybridized carbons (Fsp3) is 0.571. The van der Waals surface area contributed by atoms with E-state index in [-0.39, 0.29) is 11.0 Å². The molecule has 0 amide bonds. The zero-order chi connectivity index (χ0) is 12.4. The highest BCUT2D eigenvalue weighted by atomic mass is 16.3. The summed E-state index contributed by atoms with van der Waals surface area (Å²) < 4.78 is 0. The van der Waals surface area contributed by atoms with Crippen molar-refractivity contribution in [3.8, 4) is 5.75 Å². The van der Waals surface area contributed by atoms with Gasteiger partial charge in [0.2, 0.25) is 0 Å². The molecule has 0 aliphatic heterocycles. The molecule has 90 valence electrons. The zero-order valence-corrected chi connectivity index (χ0v) is 10.7. The maximum atomic E-state index is 9.22. The van der Waals surface area contributed by atoms with Crippen LogP contribution in [-0.2, 0) is 6.42 Å². The van der Waals surface area contributed by atoms with E-state index in [1.165, 1.54) is 5.56 Å². The Morgan fingerprint density at radius 2 is 1.56 bits per heavy atom. The third-order valence-electron chi connectivity index (χ3n) is 2.55. The molecule has 0 unspecified atom stereocenters. The molecule has 0 bridgehead atoms. The van der Waals surface area contributed by atoms with Gasteiger partial charge in [-0.15, -0.1) is 0 Å². The zero-order valence-electron chi connectivity index (χ0n) is 10.7. The normalized spacial score (nSPS) is 12.8. The molecule has 0 saturated carbocycles. The van der Waals surface area contributed by atoms with Gasteiger partial charge in [-0.25, -0.2) is 0 Å². The Morgan fingerprint density at radius 1 is 1.06 bits per heavy atom. The Hall–Kier alpha value is -1.02. The lowest BCUT2D eigenvalue weighted by molar-refractivity contribution is 0.257. The topological polar surface area (TPSA) is 46.2 Å². The Bertz CT molecular complexity index is 333. The van der Waals surface area contributed by atoms with Gasteiger partial charge in [0, 0.05) is 5.54 Å². The van der Waals surface area contributed by atoms with E-state index in [4.69, 9.17) is 5.73 Å². The number of phenols is 1. The first-order valence-corrected chi connectivity index (χ1v) is 5.75. The van der Waals surface area contributed by atoms with E-state index in [1.54, 1.807) is 12.1 Å². The molecule has 0 radical (unpaired) electrons. The largest absolute Gasteiger partial charge is 0.508 e. The predicted molar refractivity (Wildman–Crippen MR) is 68.5 cm³/mol. The number of hydrogen-bond donors (Lipinski definition) is 2. The number of nitrogens with two attached hydrogens (primary N) is 1. The lowest BCUT2D eigenvalue weighted by Gasteiger charge is -2.32. The number of phenolic OH excluding ortho intramolecular Hbond substituents is 1. The Balaban J connectivity index is 2.69. The summed E-state index contributed by atoms with van der Waals surface area (Å²) in [4.78, 5) is 0. The Kier molecular flexibility index (Phi) is 3.64. The second-order valence-electron chi connectivity index (χ2n) is 6.17. The van der Waals surface area contributed by atoms with Crippen molar-refractivity contribution in [3.63, 3.8) is 0 Å². The fourth-order valence-electron chi connectivity index (χ4n) is 2.46. The van der Waals surface area contributed by atoms with Gasteiger partial charge < -0.3 is 10.8 Å². The van der Waals surface area contributed by atoms with Crippen LogP contribution in [0.15, 0.2) is 24.3 Å². The van der Waals surface area contributed by atoms with Crippen LogP contribution in [0.2, 0.25) is 0 Å². The first kappa shape index (κ1) is 13.0. The van der Waals surface area contributed by atoms with Crippen LogP contribution in [0.5, 0.6) is 5.75 Å². The van der Waals surface area contributed by atoms with Crippen LogP contribution in [-0.4, -0.2) is 10.6 Å². The summed E-state index contributed by atoms with van der Waals surface area (Å²) in [6, 6.07) is 7.42. The van der Waals surface area contributed by atoms with Crippen LogP contribution in [0.25, 0.3) is 0 Å². The molecule has 0 saturated heterocycles. The molecule has 1 rings (SSSR count). The average Bonchev–Trinajstić information content (AvgIpc) is 2.04. The molecule has 0 heterocycles. The average molecular weight is 221 g/mol. The molecule has 0 fully saturated rings. The highest BCUT2D eigenvalue weighted by Gasteiger charge is 2.25. The summed E-state index contributed by atoms with van der Waals surface area (Å²) in [6.07, 6.45) is 1.95. The van der Waals surface area contributed by atoms with Gasteiger partial charge in [0.1, 0.15) is 5.75 Å². The van der Waals surface area contributed by atoms with Crippen molar-refractivity contribution in [3.05, 3.63) is 29.8 Å². The fourth-order valence-corrected chi connectivity index (χ4v) is 2.46. The lowest BCUT2D eigenvalue weighted by Crippen LogP contribution is -2.38. The van der Waals surface area contributed by atoms with Gasteiger partial charge >= 0.3 is 0 Å². The van der Waals surface area contributed by atoms with Gasteiger partial charge in [-0.2, -0.15) is 0 Å². The van der Waals surface area contributed by atoms with Gasteiger partial charge in [-0.3, -0.25) is 0 Å². The SMILES string of the molecule is CC(C)(N)CC(C)(C)Cc1ccc(O)cc1. The van der Waals surface area contributed by atoms with Crippen molar-refractivity contribution in [2.75, 3.05) is 0 Å². The van der Waals surface area contributed by atoms with E-state index in [2.05, 4.69) is 27.7 Å². The highest BCUT2D eigenvalue weighted by Crippen LogP contribution is 2.30. The molecule has 0 aromatic heterocycles. The van der Waals surface area contributed by atoms with E-state index >= 15 is 0 Å². The van der Waals surface area contributed by atoms with E-state index in [0.29, 0.717) is 5.75 Å². The van der Waals surface area contributed by atoms with Crippen molar-refractivity contribution < 1.29 is 5.11 Å². The summed E-state index contributed by atoms with van der Waals surface area (Å²) in [5.41, 5.74) is 7.34. The van der Waals surface area contributed by atoms with Crippen molar-refractivity contribution in [1.82, 2.24) is 0 Å². The number of hydrogen-bond acceptors (Lipinski definition) is 2. The second kappa shape index (κ2) is 4.46. The van der Waals surface area contributed by atoms with Crippen LogP contribution < -0.4 is 5.73 Å². The molecule has 0 aliphatic rings. The molecular formula is C14H23NO. The molecule has 1 aromatic carbocycles. The second-order valence-corrected chi connectivity index (χ2v) is 6.17. The highest BCUT2D eigenvalue weighted by molar-refractivity contribution is 5.26. The third kappa shape index (κ3) is 4.67. The minimum Gasteiger partial charge on any atom is -0.508 e. The van der Waals surface area contributed by atoms with Gasteiger partial charge in [0.25, 0.3) is 0 Å². The van der Waals surface area contributed by atoms with Crippen LogP contribution in [0, 0.1) is 5.41 Å². The van der Waals surface area contributed by atoms with Crippen molar-refractivity contribution >= 4 is 0 Å². The standard InChI is InChI=1S/C14H23NO/c1-13(2,10-14(3,4)15)9-11-5-7-12(16)8-6-11/h5-8,16H,9-10,15H2,1-4H3. The van der Waals surface area contributed by atoms with Crippen LogP contribution >= 0.6 is 0 Å². The summed E-state index contributed by atoms with van der Waals surface area (Å²) in [6.45, 7) is 8.58. The first-order chi connectivity index (χ1) is 7.18. The van der Waals surface area contributed by atoms with Crippen molar-refractivity contribution in [2.24, 2.45) is 11.1 Å². The molecule has 2 heteroatoms. The molecule has 0 atom stereocenters. The predicted octanol–water partition coefficient (Wildman–Crippen LogP) is 3.09. The number of rotatable bonds is 4. The maximum absolute atomic E-state index is 9.22. The lowest BCUT2D eigenvalue weighted by atomic mass is 9.76. The van der Waals surface area contributed by atoms with Crippen molar-refractivity contribution in [1.29, 1.82) is 0 Å². The van der Waals surface area contributed by atoms with Crippen LogP contribution in [0.4, 0.5) is 0 Å². The van der Waals surface area contributed by atoms with E-state index < -0.39 is 0 Å². The monoisotopic (exact) mass is 221 g/mol. The third-order valence-corrected chi connectivity index (χ3v) is 2.55. The molecule has 2 nitrogen and oxygen atoms in total. The van der Waals surface area contributed by atoms with E-state index in [1.807, 2.05) is 12.1 Å². The van der Waals surface area contributed by atoms with Crippen LogP contribution in [0.3, 0.4) is 0 Å². The van der Waals surface area contributed by atoms with Gasteiger partial charge in [-0.05, 0) is 49.8 Å². The molecule has 0 spiro atoms. The molecule has 16 heavy (non-hydrogen) atoms. The number of aromatic hydroxyl groups is 1. The van der Waals surface area contributed by atoms with Gasteiger partial charge in [0.05, 0.1) is 0 Å². The van der Waals surface area contributed by atoms with E-state index in [9.17, 15) is 5.11 Å². The summed E-state index contributed by atoms with van der Waals surface area (Å²) in [7, 11) is 0. The van der Waals surface area contributed by atoms with Gasteiger partial charge in [0.15, 0.2) is 0 Å². The summed E-state index contributed by atoms with van der Waals surface area (Å²) >= 11 is 0. The quantitative estimate of drug-likeness (QED) is 0.820. The minimum atomic E-state index is -0.138. The molecule has 1 aromatic rings. The van der Waals surface area contributed by atoms with Crippen molar-refractivity contribution in [2.45, 2.75) is 46.1 Å². The Labute approximate surface area is 98.5 Å². The van der Waals surface area contributed by atoms with Crippen LogP contribution in [0.1, 0.15) is 39.7 Å². The smallest absolute Gasteiger partial charge is 0.115 e. The first-order valence-electron chi connectivity index (χ1n) is 5.75. The Morgan fingerprint density at radius 3 is 2.00 bits per heavy atom. The van der Waals surface area contributed by atoms with Gasteiger partial charge in [-0.1, -0.05) is 26.0 Å². The minimum absolute atomic E-state index is 0.138. The molecule has 0 aliphatic carbocycles. The van der Waals surface area contributed by atoms with E-state index in [0.717, 1.165) is 12.8 Å². The summed E-state index contributed by atoms with van der Waals surface area (Å²) in [5, 5.41) is 9.22. The molecule has 3 N–H and O–H groups in total.